The van der Waals surface area contributed by atoms with Crippen molar-refractivity contribution in [1.82, 2.24) is 9.55 Å². The number of benzene rings is 1. The Balaban J connectivity index is 2.45. The van der Waals surface area contributed by atoms with Crippen molar-refractivity contribution in [3.8, 4) is 18.4 Å². The molecule has 24 heavy (non-hydrogen) atoms. The summed E-state index contributed by atoms with van der Waals surface area (Å²) in [5.41, 5.74) is 1.08. The molecule has 1 aliphatic rings. The van der Waals surface area contributed by atoms with Crippen molar-refractivity contribution >= 4 is 5.78 Å². The van der Waals surface area contributed by atoms with E-state index in [1.807, 2.05) is 6.07 Å². The number of nitrogens with zero attached hydrogens (tertiary/aromatic N) is 2. The number of hydrogen-bond acceptors (Lipinski definition) is 4. The quantitative estimate of drug-likeness (QED) is 0.795. The molecule has 1 N–H and O–H groups in total. The lowest BCUT2D eigenvalue weighted by Crippen LogP contribution is -2.40. The number of rotatable bonds is 1. The maximum absolute atomic E-state index is 13.0. The highest BCUT2D eigenvalue weighted by Gasteiger charge is 2.35. The molecule has 6 nitrogen and oxygen atoms in total. The number of ketones is 1. The second-order valence-electron chi connectivity index (χ2n) is 5.73. The van der Waals surface area contributed by atoms with E-state index in [0.717, 1.165) is 10.1 Å². The van der Waals surface area contributed by atoms with E-state index in [0.29, 0.717) is 16.7 Å². The van der Waals surface area contributed by atoms with E-state index in [2.05, 4.69) is 10.9 Å². The summed E-state index contributed by atoms with van der Waals surface area (Å²) in [6.07, 6.45) is 5.29. The van der Waals surface area contributed by atoms with E-state index in [9.17, 15) is 14.4 Å². The molecule has 1 aliphatic carbocycles. The average molecular weight is 319 g/mol. The van der Waals surface area contributed by atoms with Gasteiger partial charge >= 0.3 is 5.69 Å². The fourth-order valence-electron chi connectivity index (χ4n) is 3.37. The van der Waals surface area contributed by atoms with E-state index in [-0.39, 0.29) is 17.8 Å². The number of aromatic amines is 1. The number of hydrogen-bond donors (Lipinski definition) is 1. The maximum atomic E-state index is 13.0. The van der Waals surface area contributed by atoms with Crippen LogP contribution in [0, 0.1) is 30.6 Å². The largest absolute Gasteiger partial charge is 0.329 e. The SMILES string of the molecule is C#CCn1c2c(c(=O)[nH]c1=O)C(C)c1c(C)cc(C#N)cc1C2=O. The van der Waals surface area contributed by atoms with E-state index in [4.69, 9.17) is 11.7 Å². The number of nitriles is 1. The van der Waals surface area contributed by atoms with Gasteiger partial charge in [0.25, 0.3) is 5.56 Å². The predicted octanol–water partition coefficient (Wildman–Crippen LogP) is 1.05. The summed E-state index contributed by atoms with van der Waals surface area (Å²) in [6.45, 7) is 3.46. The number of carbonyl (C=O) groups excluding carboxylic acids is 1. The van der Waals surface area contributed by atoms with Crippen molar-refractivity contribution in [2.24, 2.45) is 0 Å². The van der Waals surface area contributed by atoms with Crippen molar-refractivity contribution in [1.29, 1.82) is 5.26 Å². The smallest absolute Gasteiger partial charge is 0.287 e. The first-order valence-electron chi connectivity index (χ1n) is 7.30. The Morgan fingerprint density at radius 3 is 2.62 bits per heavy atom. The van der Waals surface area contributed by atoms with Crippen LogP contribution >= 0.6 is 0 Å². The van der Waals surface area contributed by atoms with E-state index >= 15 is 0 Å². The molecule has 0 saturated carbocycles. The summed E-state index contributed by atoms with van der Waals surface area (Å²) in [5, 5.41) is 9.14. The summed E-state index contributed by atoms with van der Waals surface area (Å²) < 4.78 is 1.10. The molecule has 3 rings (SSSR count). The summed E-state index contributed by atoms with van der Waals surface area (Å²) in [7, 11) is 0. The second kappa shape index (κ2) is 5.36. The van der Waals surface area contributed by atoms with Gasteiger partial charge in [0.15, 0.2) is 0 Å². The van der Waals surface area contributed by atoms with E-state index < -0.39 is 23.0 Å². The van der Waals surface area contributed by atoms with Crippen molar-refractivity contribution in [2.75, 3.05) is 0 Å². The van der Waals surface area contributed by atoms with Gasteiger partial charge in [0.1, 0.15) is 5.69 Å². The van der Waals surface area contributed by atoms with Crippen LogP contribution in [0.25, 0.3) is 0 Å². The van der Waals surface area contributed by atoms with Gasteiger partial charge in [0, 0.05) is 11.5 Å². The van der Waals surface area contributed by atoms with Gasteiger partial charge in [0.2, 0.25) is 5.78 Å². The highest BCUT2D eigenvalue weighted by atomic mass is 16.2. The first-order valence-corrected chi connectivity index (χ1v) is 7.30. The minimum absolute atomic E-state index is 0.0104. The van der Waals surface area contributed by atoms with Gasteiger partial charge in [-0.3, -0.25) is 19.1 Å². The van der Waals surface area contributed by atoms with Crippen LogP contribution in [0.3, 0.4) is 0 Å². The van der Waals surface area contributed by atoms with Crippen molar-refractivity contribution < 1.29 is 4.79 Å². The summed E-state index contributed by atoms with van der Waals surface area (Å²) in [6, 6.07) is 5.19. The van der Waals surface area contributed by atoms with Crippen molar-refractivity contribution in [3.05, 3.63) is 66.5 Å². The molecule has 0 bridgehead atoms. The number of carbonyl (C=O) groups is 1. The molecule has 1 aromatic heterocycles. The molecule has 0 amide bonds. The lowest BCUT2D eigenvalue weighted by atomic mass is 9.78. The maximum Gasteiger partial charge on any atom is 0.329 e. The lowest BCUT2D eigenvalue weighted by Gasteiger charge is -2.27. The first kappa shape index (κ1) is 15.5. The Hall–Kier alpha value is -3.38. The van der Waals surface area contributed by atoms with Gasteiger partial charge in [-0.1, -0.05) is 12.8 Å². The zero-order valence-electron chi connectivity index (χ0n) is 13.1. The number of fused-ring (bicyclic) bond motifs is 2. The van der Waals surface area contributed by atoms with Crippen LogP contribution in [-0.2, 0) is 6.54 Å². The molecule has 0 spiro atoms. The molecule has 118 valence electrons. The molecule has 0 radical (unpaired) electrons. The number of H-pyrrole nitrogens is 1. The number of nitrogens with one attached hydrogen (secondary N) is 1. The highest BCUT2D eigenvalue weighted by molar-refractivity contribution is 6.12. The normalized spacial score (nSPS) is 15.2. The van der Waals surface area contributed by atoms with Crippen LogP contribution in [0.15, 0.2) is 21.7 Å². The predicted molar refractivity (Wildman–Crippen MR) is 87.0 cm³/mol. The molecule has 0 fully saturated rings. The summed E-state index contributed by atoms with van der Waals surface area (Å²) in [5.74, 6) is 1.47. The topological polar surface area (TPSA) is 95.7 Å². The Kier molecular flexibility index (Phi) is 3.47. The third-order valence-corrected chi connectivity index (χ3v) is 4.33. The molecule has 6 heteroatoms. The molecule has 2 aromatic rings. The lowest BCUT2D eigenvalue weighted by molar-refractivity contribution is 0.102. The standard InChI is InChI=1S/C18H13N3O3/c1-4-5-21-15-14(17(23)20-18(21)24)10(3)13-9(2)6-11(8-19)7-12(13)16(15)22/h1,6-7,10H,5H2,2-3H3,(H,20,23,24). The van der Waals surface area contributed by atoms with Crippen LogP contribution in [0.5, 0.6) is 0 Å². The highest BCUT2D eigenvalue weighted by Crippen LogP contribution is 2.36. The number of terminal acetylenes is 1. The molecule has 0 saturated heterocycles. The van der Waals surface area contributed by atoms with Gasteiger partial charge in [-0.05, 0) is 30.2 Å². The molecule has 0 aliphatic heterocycles. The third-order valence-electron chi connectivity index (χ3n) is 4.33. The molecule has 1 aromatic carbocycles. The molecular weight excluding hydrogens is 306 g/mol. The molecule has 1 unspecified atom stereocenters. The van der Waals surface area contributed by atoms with Crippen LogP contribution in [-0.4, -0.2) is 15.3 Å². The summed E-state index contributed by atoms with van der Waals surface area (Å²) >= 11 is 0. The van der Waals surface area contributed by atoms with Crippen molar-refractivity contribution in [3.63, 3.8) is 0 Å². The minimum atomic E-state index is -0.714. The van der Waals surface area contributed by atoms with Crippen LogP contribution in [0.4, 0.5) is 0 Å². The Morgan fingerprint density at radius 2 is 2.00 bits per heavy atom. The number of aryl methyl sites for hydroxylation is 1. The Bertz CT molecular complexity index is 1090. The molecular formula is C18H13N3O3. The zero-order valence-corrected chi connectivity index (χ0v) is 13.1. The number of aromatic nitrogens is 2. The van der Waals surface area contributed by atoms with Crippen LogP contribution in [0.2, 0.25) is 0 Å². The van der Waals surface area contributed by atoms with Gasteiger partial charge in [-0.2, -0.15) is 5.26 Å². The van der Waals surface area contributed by atoms with Crippen LogP contribution in [0.1, 0.15) is 51.1 Å². The molecule has 1 heterocycles. The second-order valence-corrected chi connectivity index (χ2v) is 5.73. The Morgan fingerprint density at radius 1 is 1.29 bits per heavy atom. The Labute approximate surface area is 137 Å². The van der Waals surface area contributed by atoms with Gasteiger partial charge in [0.05, 0.1) is 23.7 Å². The average Bonchev–Trinajstić information content (AvgIpc) is 2.54. The van der Waals surface area contributed by atoms with Gasteiger partial charge in [-0.25, -0.2) is 4.79 Å². The minimum Gasteiger partial charge on any atom is -0.287 e. The fraction of sp³-hybridized carbons (Fsp3) is 0.222. The first-order chi connectivity index (χ1) is 11.4. The van der Waals surface area contributed by atoms with E-state index in [1.54, 1.807) is 19.9 Å². The van der Waals surface area contributed by atoms with Gasteiger partial charge < -0.3 is 0 Å². The molecule has 1 atom stereocenters. The van der Waals surface area contributed by atoms with E-state index in [1.165, 1.54) is 6.07 Å². The van der Waals surface area contributed by atoms with Crippen LogP contribution < -0.4 is 11.2 Å². The fourth-order valence-corrected chi connectivity index (χ4v) is 3.37. The zero-order chi connectivity index (χ0) is 17.6. The third kappa shape index (κ3) is 2.01. The summed E-state index contributed by atoms with van der Waals surface area (Å²) in [4.78, 5) is 39.6. The van der Waals surface area contributed by atoms with Crippen molar-refractivity contribution in [2.45, 2.75) is 26.3 Å². The van der Waals surface area contributed by atoms with Gasteiger partial charge in [-0.15, -0.1) is 6.42 Å². The monoisotopic (exact) mass is 319 g/mol.